The van der Waals surface area contributed by atoms with Gasteiger partial charge >= 0.3 is 5.97 Å². The average molecular weight is 493 g/mol. The van der Waals surface area contributed by atoms with Gasteiger partial charge in [-0.1, -0.05) is 38.8 Å². The third-order valence-electron chi connectivity index (χ3n) is 10.7. The molecule has 4 fully saturated rings. The molecule has 0 radical (unpaired) electrons. The number of carboxylic acids is 1. The summed E-state index contributed by atoms with van der Waals surface area (Å²) in [5.74, 6) is -0.358. The Bertz CT molecular complexity index is 917. The number of methoxy groups -OCH3 is 1. The van der Waals surface area contributed by atoms with Gasteiger partial charge in [0.1, 0.15) is 30.0 Å². The number of aldehydes is 1. The first-order valence-corrected chi connectivity index (χ1v) is 13.1. The molecule has 3 saturated carbocycles. The lowest BCUT2D eigenvalue weighted by molar-refractivity contribution is -0.306. The van der Waals surface area contributed by atoms with Crippen molar-refractivity contribution in [1.29, 1.82) is 0 Å². The summed E-state index contributed by atoms with van der Waals surface area (Å²) >= 11 is 0. The average Bonchev–Trinajstić information content (AvgIpc) is 3.38. The summed E-state index contributed by atoms with van der Waals surface area (Å²) in [6.45, 7) is 8.02. The molecule has 1 heterocycles. The van der Waals surface area contributed by atoms with Crippen molar-refractivity contribution >= 4 is 12.3 Å². The highest BCUT2D eigenvalue weighted by Crippen LogP contribution is 2.82. The van der Waals surface area contributed by atoms with Crippen LogP contribution in [0, 0.1) is 45.8 Å². The molecule has 1 saturated heterocycles. The Balaban J connectivity index is 1.57. The smallest absolute Gasteiger partial charge is 0.315 e. The molecule has 0 amide bonds. The van der Waals surface area contributed by atoms with E-state index >= 15 is 0 Å². The van der Waals surface area contributed by atoms with Gasteiger partial charge in [0.05, 0.1) is 18.1 Å². The Morgan fingerprint density at radius 1 is 1.23 bits per heavy atom. The van der Waals surface area contributed by atoms with Crippen molar-refractivity contribution < 1.29 is 39.1 Å². The second kappa shape index (κ2) is 8.35. The molecule has 0 aromatic carbocycles. The Morgan fingerprint density at radius 2 is 1.94 bits per heavy atom. The lowest BCUT2D eigenvalue weighted by Gasteiger charge is -2.58. The van der Waals surface area contributed by atoms with Crippen LogP contribution in [0.3, 0.4) is 0 Å². The number of carboxylic acid groups (broad SMARTS) is 1. The molecule has 0 spiro atoms. The Hall–Kier alpha value is -1.32. The molecule has 5 rings (SSSR count). The number of hydrogen-bond acceptors (Lipinski definition) is 7. The molecule has 0 aromatic heterocycles. The molecule has 4 aliphatic carbocycles. The van der Waals surface area contributed by atoms with Gasteiger partial charge in [0.25, 0.3) is 0 Å². The third kappa shape index (κ3) is 2.92. The summed E-state index contributed by atoms with van der Waals surface area (Å²) in [5, 5.41) is 32.3. The second-order valence-electron chi connectivity index (χ2n) is 12.2. The first-order valence-electron chi connectivity index (χ1n) is 13.1. The minimum absolute atomic E-state index is 0.0219. The summed E-state index contributed by atoms with van der Waals surface area (Å²) in [5.41, 5.74) is -2.28. The molecular weight excluding hydrogens is 452 g/mol. The predicted octanol–water partition coefficient (Wildman–Crippen LogP) is 2.41. The van der Waals surface area contributed by atoms with Crippen molar-refractivity contribution in [2.24, 2.45) is 45.8 Å². The zero-order valence-electron chi connectivity index (χ0n) is 21.3. The van der Waals surface area contributed by atoms with Crippen LogP contribution >= 0.6 is 0 Å². The second-order valence-corrected chi connectivity index (χ2v) is 12.2. The van der Waals surface area contributed by atoms with Crippen LogP contribution in [0.1, 0.15) is 53.4 Å². The normalized spacial score (nSPS) is 52.5. The number of carbonyl (C=O) groups excluding carboxylic acids is 1. The molecule has 5 aliphatic rings. The van der Waals surface area contributed by atoms with E-state index in [9.17, 15) is 24.9 Å². The van der Waals surface area contributed by atoms with Gasteiger partial charge in [0, 0.05) is 12.5 Å². The Labute approximate surface area is 207 Å². The van der Waals surface area contributed by atoms with E-state index in [1.165, 1.54) is 7.11 Å². The molecule has 35 heavy (non-hydrogen) atoms. The fourth-order valence-corrected chi connectivity index (χ4v) is 9.34. The van der Waals surface area contributed by atoms with Gasteiger partial charge < -0.3 is 34.3 Å². The fourth-order valence-electron chi connectivity index (χ4n) is 9.34. The van der Waals surface area contributed by atoms with Gasteiger partial charge in [-0.3, -0.25) is 4.79 Å². The maximum Gasteiger partial charge on any atom is 0.315 e. The molecule has 0 aromatic rings. The highest BCUT2D eigenvalue weighted by atomic mass is 16.7. The van der Waals surface area contributed by atoms with Crippen LogP contribution in [0.4, 0.5) is 0 Å². The van der Waals surface area contributed by atoms with Crippen LogP contribution in [0.15, 0.2) is 11.6 Å². The van der Waals surface area contributed by atoms with Crippen molar-refractivity contribution in [3.05, 3.63) is 11.6 Å². The van der Waals surface area contributed by atoms with Crippen molar-refractivity contribution in [2.75, 3.05) is 13.7 Å². The van der Waals surface area contributed by atoms with Crippen molar-refractivity contribution in [1.82, 2.24) is 0 Å². The van der Waals surface area contributed by atoms with Crippen molar-refractivity contribution in [2.45, 2.75) is 84.1 Å². The molecule has 3 N–H and O–H groups in total. The minimum Gasteiger partial charge on any atom is -0.481 e. The number of aliphatic carboxylic acids is 1. The molecule has 0 unspecified atom stereocenters. The number of aliphatic hydroxyl groups is 2. The van der Waals surface area contributed by atoms with Gasteiger partial charge in [-0.25, -0.2) is 0 Å². The monoisotopic (exact) mass is 492 g/mol. The number of carbonyl (C=O) groups is 2. The third-order valence-corrected chi connectivity index (χ3v) is 10.7. The topological polar surface area (TPSA) is 123 Å². The van der Waals surface area contributed by atoms with Gasteiger partial charge in [-0.2, -0.15) is 0 Å². The molecule has 12 atom stereocenters. The zero-order valence-corrected chi connectivity index (χ0v) is 21.3. The molecule has 196 valence electrons. The van der Waals surface area contributed by atoms with Gasteiger partial charge in [0.15, 0.2) is 6.29 Å². The minimum atomic E-state index is -1.34. The molecule has 8 nitrogen and oxygen atoms in total. The van der Waals surface area contributed by atoms with Gasteiger partial charge in [-0.15, -0.1) is 0 Å². The van der Waals surface area contributed by atoms with Crippen LogP contribution in [0.25, 0.3) is 0 Å². The summed E-state index contributed by atoms with van der Waals surface area (Å²) < 4.78 is 17.4. The molecule has 8 heteroatoms. The largest absolute Gasteiger partial charge is 0.481 e. The van der Waals surface area contributed by atoms with E-state index in [1.54, 1.807) is 6.92 Å². The Kier molecular flexibility index (Phi) is 6.04. The lowest BCUT2D eigenvalue weighted by Crippen LogP contribution is -2.64. The Morgan fingerprint density at radius 3 is 2.54 bits per heavy atom. The van der Waals surface area contributed by atoms with E-state index in [2.05, 4.69) is 13.0 Å². The summed E-state index contributed by atoms with van der Waals surface area (Å²) in [4.78, 5) is 26.5. The summed E-state index contributed by atoms with van der Waals surface area (Å²) in [7, 11) is 1.45. The van der Waals surface area contributed by atoms with Crippen LogP contribution in [0.2, 0.25) is 0 Å². The zero-order chi connectivity index (χ0) is 25.5. The first-order chi connectivity index (χ1) is 16.5. The predicted molar refractivity (Wildman–Crippen MR) is 125 cm³/mol. The standard InChI is InChI=1S/C27H40O8/c1-13(2)19-8-16-9-25(11-28)18-7-6-14(3)17(18)10-26(16,27(19,25)24(31)32)12-34-23-21(30)20(29)22(33-5)15(4)35-23/h8,11,13-18,20-23,29-30H,6-7,9-10,12H2,1-5H3,(H,31,32)/t14-,15-,16+,17-,18-,20+,21+,22-,23+,25+,26+,27+/m1/s1. The maximum atomic E-state index is 13.5. The van der Waals surface area contributed by atoms with Crippen molar-refractivity contribution in [3.8, 4) is 0 Å². The van der Waals surface area contributed by atoms with E-state index in [4.69, 9.17) is 14.2 Å². The first kappa shape index (κ1) is 25.3. The van der Waals surface area contributed by atoms with E-state index in [0.717, 1.165) is 24.7 Å². The molecule has 4 bridgehead atoms. The summed E-state index contributed by atoms with van der Waals surface area (Å²) in [6.07, 6.45) is 1.32. The van der Waals surface area contributed by atoms with Crippen LogP contribution < -0.4 is 0 Å². The van der Waals surface area contributed by atoms with Crippen molar-refractivity contribution in [3.63, 3.8) is 0 Å². The van der Waals surface area contributed by atoms with Gasteiger partial charge in [0.2, 0.25) is 0 Å². The number of hydrogen-bond donors (Lipinski definition) is 3. The summed E-state index contributed by atoms with van der Waals surface area (Å²) in [6, 6.07) is 0. The number of ether oxygens (including phenoxy) is 3. The van der Waals surface area contributed by atoms with Gasteiger partial charge in [-0.05, 0) is 55.8 Å². The van der Waals surface area contributed by atoms with E-state index < -0.39 is 52.9 Å². The van der Waals surface area contributed by atoms with Crippen LogP contribution in [-0.4, -0.2) is 72.0 Å². The highest BCUT2D eigenvalue weighted by molar-refractivity contribution is 5.90. The molecular formula is C27H40O8. The SMILES string of the molecule is CO[C@H]1[C@@H](O)[C@H](O)[C@@H](OC[C@@]23C[C@@H]4[C@H](C)CC[C@H]4[C@@]4(C=O)C[C@@H]2C=C(C(C)C)[C@@]34C(=O)O)O[C@@H]1C. The fraction of sp³-hybridized carbons (Fsp3) is 0.852. The van der Waals surface area contributed by atoms with E-state index in [1.807, 2.05) is 13.8 Å². The highest BCUT2D eigenvalue weighted by Gasteiger charge is 2.84. The number of rotatable bonds is 7. The van der Waals surface area contributed by atoms with Crippen LogP contribution in [-0.2, 0) is 23.8 Å². The number of aliphatic hydroxyl groups excluding tert-OH is 2. The lowest BCUT2D eigenvalue weighted by atomic mass is 9.43. The maximum absolute atomic E-state index is 13.5. The number of allylic oxidation sites excluding steroid dienone is 1. The van der Waals surface area contributed by atoms with E-state index in [-0.39, 0.29) is 30.3 Å². The molecule has 1 aliphatic heterocycles. The quantitative estimate of drug-likeness (QED) is 0.366. The van der Waals surface area contributed by atoms with Crippen LogP contribution in [0.5, 0.6) is 0 Å². The van der Waals surface area contributed by atoms with E-state index in [0.29, 0.717) is 18.8 Å². The number of fused-ring (bicyclic) bond motifs is 2.